The molecule has 0 amide bonds. The molecule has 0 fully saturated rings. The normalized spacial score (nSPS) is 10.1. The van der Waals surface area contributed by atoms with Crippen molar-refractivity contribution in [2.45, 2.75) is 0 Å². The van der Waals surface area contributed by atoms with Gasteiger partial charge in [-0.2, -0.15) is 0 Å². The van der Waals surface area contributed by atoms with Crippen LogP contribution in [-0.4, -0.2) is 7.11 Å². The molecule has 0 unspecified atom stereocenters. The molecule has 2 aromatic carbocycles. The monoisotopic (exact) mass is 217 g/mol. The number of nitrogen functional groups attached to an aromatic ring is 1. The second-order valence-corrected chi connectivity index (χ2v) is 3.47. The topological polar surface area (TPSA) is 35.2 Å². The van der Waals surface area contributed by atoms with E-state index in [4.69, 9.17) is 10.5 Å². The quantitative estimate of drug-likeness (QED) is 0.784. The van der Waals surface area contributed by atoms with E-state index >= 15 is 0 Å². The molecule has 0 aliphatic carbocycles. The molecule has 0 aliphatic rings. The molecule has 0 atom stereocenters. The molecular weight excluding hydrogens is 205 g/mol. The number of hydrogen-bond donors (Lipinski definition) is 1. The van der Waals surface area contributed by atoms with Gasteiger partial charge in [-0.15, -0.1) is 0 Å². The third-order valence-corrected chi connectivity index (χ3v) is 2.39. The number of nitrogens with two attached hydrogens (primary N) is 1. The average Bonchev–Trinajstić information content (AvgIpc) is 2.29. The maximum atomic E-state index is 13.6. The van der Waals surface area contributed by atoms with Crippen LogP contribution in [0.25, 0.3) is 11.1 Å². The number of rotatable bonds is 2. The molecule has 0 aromatic heterocycles. The zero-order chi connectivity index (χ0) is 11.5. The zero-order valence-corrected chi connectivity index (χ0v) is 8.91. The average molecular weight is 217 g/mol. The summed E-state index contributed by atoms with van der Waals surface area (Å²) in [5.41, 5.74) is 7.26. The Hall–Kier alpha value is -2.03. The van der Waals surface area contributed by atoms with Crippen LogP contribution in [0.3, 0.4) is 0 Å². The fourth-order valence-electron chi connectivity index (χ4n) is 1.54. The molecule has 2 rings (SSSR count). The molecule has 0 bridgehead atoms. The van der Waals surface area contributed by atoms with Crippen LogP contribution in [0.15, 0.2) is 42.5 Å². The summed E-state index contributed by atoms with van der Waals surface area (Å²) in [6.45, 7) is 0. The van der Waals surface area contributed by atoms with Crippen molar-refractivity contribution in [3.8, 4) is 16.9 Å². The molecule has 0 saturated heterocycles. The van der Waals surface area contributed by atoms with Crippen molar-refractivity contribution in [1.82, 2.24) is 0 Å². The van der Waals surface area contributed by atoms with Gasteiger partial charge in [0.25, 0.3) is 0 Å². The summed E-state index contributed by atoms with van der Waals surface area (Å²) in [6, 6.07) is 11.9. The summed E-state index contributed by atoms with van der Waals surface area (Å²) in [5, 5.41) is 0. The molecule has 82 valence electrons. The maximum absolute atomic E-state index is 13.6. The van der Waals surface area contributed by atoms with Crippen molar-refractivity contribution < 1.29 is 9.13 Å². The minimum atomic E-state index is -0.315. The lowest BCUT2D eigenvalue weighted by atomic mass is 10.0. The number of benzene rings is 2. The van der Waals surface area contributed by atoms with E-state index < -0.39 is 0 Å². The van der Waals surface area contributed by atoms with E-state index in [9.17, 15) is 4.39 Å². The second-order valence-electron chi connectivity index (χ2n) is 3.47. The number of methoxy groups -OCH3 is 1. The van der Waals surface area contributed by atoms with Crippen LogP contribution in [0, 0.1) is 5.82 Å². The van der Waals surface area contributed by atoms with Gasteiger partial charge in [-0.3, -0.25) is 0 Å². The molecular formula is C13H12FNO. The smallest absolute Gasteiger partial charge is 0.133 e. The Bertz CT molecular complexity index is 494. The van der Waals surface area contributed by atoms with Crippen molar-refractivity contribution in [2.24, 2.45) is 0 Å². The summed E-state index contributed by atoms with van der Waals surface area (Å²) in [4.78, 5) is 0. The van der Waals surface area contributed by atoms with Gasteiger partial charge in [0.1, 0.15) is 11.6 Å². The Morgan fingerprint density at radius 3 is 2.31 bits per heavy atom. The molecule has 2 N–H and O–H groups in total. The molecule has 2 aromatic rings. The van der Waals surface area contributed by atoms with Gasteiger partial charge in [-0.1, -0.05) is 12.1 Å². The molecule has 0 saturated carbocycles. The van der Waals surface area contributed by atoms with Crippen molar-refractivity contribution >= 4 is 5.69 Å². The summed E-state index contributed by atoms with van der Waals surface area (Å²) in [6.07, 6.45) is 0. The van der Waals surface area contributed by atoms with Gasteiger partial charge >= 0.3 is 0 Å². The van der Waals surface area contributed by atoms with Gasteiger partial charge in [-0.25, -0.2) is 4.39 Å². The first kappa shape index (κ1) is 10.5. The predicted molar refractivity (Wildman–Crippen MR) is 62.8 cm³/mol. The van der Waals surface area contributed by atoms with Crippen LogP contribution >= 0.6 is 0 Å². The SMILES string of the molecule is COc1ccc(-c2ccc(N)cc2F)cc1. The van der Waals surface area contributed by atoms with E-state index in [0.717, 1.165) is 11.3 Å². The van der Waals surface area contributed by atoms with Gasteiger partial charge in [0.2, 0.25) is 0 Å². The largest absolute Gasteiger partial charge is 0.497 e. The van der Waals surface area contributed by atoms with E-state index in [2.05, 4.69) is 0 Å². The van der Waals surface area contributed by atoms with E-state index in [1.54, 1.807) is 31.4 Å². The second kappa shape index (κ2) is 4.23. The fourth-order valence-corrected chi connectivity index (χ4v) is 1.54. The van der Waals surface area contributed by atoms with Crippen LogP contribution < -0.4 is 10.5 Å². The van der Waals surface area contributed by atoms with Crippen LogP contribution in [0.4, 0.5) is 10.1 Å². The van der Waals surface area contributed by atoms with Crippen molar-refractivity contribution in [1.29, 1.82) is 0 Å². The first-order valence-corrected chi connectivity index (χ1v) is 4.90. The Labute approximate surface area is 93.5 Å². The van der Waals surface area contributed by atoms with E-state index in [1.165, 1.54) is 6.07 Å². The van der Waals surface area contributed by atoms with Crippen LogP contribution in [0.1, 0.15) is 0 Å². The lowest BCUT2D eigenvalue weighted by molar-refractivity contribution is 0.415. The summed E-state index contributed by atoms with van der Waals surface area (Å²) in [5.74, 6) is 0.435. The minimum absolute atomic E-state index is 0.315. The van der Waals surface area contributed by atoms with Gasteiger partial charge in [0, 0.05) is 11.3 Å². The highest BCUT2D eigenvalue weighted by atomic mass is 19.1. The maximum Gasteiger partial charge on any atom is 0.133 e. The summed E-state index contributed by atoms with van der Waals surface area (Å²) in [7, 11) is 1.60. The zero-order valence-electron chi connectivity index (χ0n) is 8.91. The van der Waals surface area contributed by atoms with Gasteiger partial charge in [0.05, 0.1) is 7.11 Å². The Morgan fingerprint density at radius 2 is 1.75 bits per heavy atom. The standard InChI is InChI=1S/C13H12FNO/c1-16-11-5-2-9(3-6-11)12-7-4-10(15)8-13(12)14/h2-8H,15H2,1H3. The molecule has 0 radical (unpaired) electrons. The van der Waals surface area contributed by atoms with Crippen LogP contribution in [0.5, 0.6) is 5.75 Å². The molecule has 3 heteroatoms. The summed E-state index contributed by atoms with van der Waals surface area (Å²) < 4.78 is 18.6. The number of ether oxygens (including phenoxy) is 1. The molecule has 0 spiro atoms. The van der Waals surface area contributed by atoms with Gasteiger partial charge < -0.3 is 10.5 Å². The highest BCUT2D eigenvalue weighted by Crippen LogP contribution is 2.26. The molecule has 0 aliphatic heterocycles. The van der Waals surface area contributed by atoms with Gasteiger partial charge in [-0.05, 0) is 35.9 Å². The third kappa shape index (κ3) is 1.98. The van der Waals surface area contributed by atoms with Crippen LogP contribution in [-0.2, 0) is 0 Å². The first-order valence-electron chi connectivity index (χ1n) is 4.90. The number of hydrogen-bond acceptors (Lipinski definition) is 2. The molecule has 16 heavy (non-hydrogen) atoms. The Balaban J connectivity index is 2.42. The Kier molecular flexibility index (Phi) is 2.77. The Morgan fingerprint density at radius 1 is 1.06 bits per heavy atom. The van der Waals surface area contributed by atoms with Crippen molar-refractivity contribution in [2.75, 3.05) is 12.8 Å². The minimum Gasteiger partial charge on any atom is -0.497 e. The summed E-state index contributed by atoms with van der Waals surface area (Å²) >= 11 is 0. The molecule has 2 nitrogen and oxygen atoms in total. The first-order chi connectivity index (χ1) is 7.70. The molecule has 0 heterocycles. The third-order valence-electron chi connectivity index (χ3n) is 2.39. The lowest BCUT2D eigenvalue weighted by Crippen LogP contribution is -1.89. The van der Waals surface area contributed by atoms with E-state index in [1.807, 2.05) is 12.1 Å². The highest BCUT2D eigenvalue weighted by molar-refractivity contribution is 5.66. The van der Waals surface area contributed by atoms with Gasteiger partial charge in [0.15, 0.2) is 0 Å². The highest BCUT2D eigenvalue weighted by Gasteiger charge is 2.05. The fraction of sp³-hybridized carbons (Fsp3) is 0.0769. The number of anilines is 1. The van der Waals surface area contributed by atoms with Crippen molar-refractivity contribution in [3.63, 3.8) is 0 Å². The van der Waals surface area contributed by atoms with Crippen LogP contribution in [0.2, 0.25) is 0 Å². The van der Waals surface area contributed by atoms with E-state index in [0.29, 0.717) is 11.3 Å². The van der Waals surface area contributed by atoms with E-state index in [-0.39, 0.29) is 5.82 Å². The predicted octanol–water partition coefficient (Wildman–Crippen LogP) is 3.08. The van der Waals surface area contributed by atoms with Crippen molar-refractivity contribution in [3.05, 3.63) is 48.3 Å². The lowest BCUT2D eigenvalue weighted by Gasteiger charge is -2.05. The number of halogens is 1.